The number of aromatic nitrogens is 2. The molecule has 1 atom stereocenters. The van der Waals surface area contributed by atoms with Crippen molar-refractivity contribution >= 4 is 45.9 Å². The normalized spacial score (nSPS) is 17.8. The Labute approximate surface area is 159 Å². The van der Waals surface area contributed by atoms with Crippen LogP contribution in [0.3, 0.4) is 0 Å². The second-order valence-corrected chi connectivity index (χ2v) is 7.01. The summed E-state index contributed by atoms with van der Waals surface area (Å²) in [7, 11) is 1.42. The van der Waals surface area contributed by atoms with Crippen LogP contribution in [0.4, 0.5) is 0 Å². The summed E-state index contributed by atoms with van der Waals surface area (Å²) in [6, 6.07) is -0.0324. The van der Waals surface area contributed by atoms with Crippen LogP contribution in [0.2, 0.25) is 0 Å². The molecule has 2 aromatic heterocycles. The molecule has 3 heterocycles. The molecule has 0 saturated carbocycles. The minimum atomic E-state index is -1.20. The summed E-state index contributed by atoms with van der Waals surface area (Å²) in [6.07, 6.45) is 4.94. The number of carbonyl (C=O) groups excluding carboxylic acids is 1. The van der Waals surface area contributed by atoms with Crippen molar-refractivity contribution in [1.82, 2.24) is 15.3 Å². The molecule has 0 aromatic carbocycles. The summed E-state index contributed by atoms with van der Waals surface area (Å²) in [5.41, 5.74) is 0.729. The topological polar surface area (TPSA) is 121 Å². The largest absolute Gasteiger partial charge is 0.475 e. The molecule has 142 valence electrons. The zero-order valence-corrected chi connectivity index (χ0v) is 15.8. The van der Waals surface area contributed by atoms with Crippen molar-refractivity contribution in [3.05, 3.63) is 26.6 Å². The predicted molar refractivity (Wildman–Crippen MR) is 99.5 cm³/mol. The highest BCUT2D eigenvalue weighted by atomic mass is 35.5. The Morgan fingerprint density at radius 2 is 2.08 bits per heavy atom. The van der Waals surface area contributed by atoms with Crippen LogP contribution in [0, 0.1) is 0 Å². The van der Waals surface area contributed by atoms with Gasteiger partial charge in [-0.25, -0.2) is 9.78 Å². The highest BCUT2D eigenvalue weighted by Crippen LogP contribution is 2.34. The number of rotatable bonds is 2. The number of aromatic amines is 1. The lowest BCUT2D eigenvalue weighted by molar-refractivity contribution is -0.142. The van der Waals surface area contributed by atoms with Crippen LogP contribution in [0.25, 0.3) is 10.2 Å². The summed E-state index contributed by atoms with van der Waals surface area (Å²) in [5.74, 6) is -1.61. The van der Waals surface area contributed by atoms with E-state index in [0.717, 1.165) is 44.2 Å². The molecule has 1 fully saturated rings. The van der Waals surface area contributed by atoms with Crippen LogP contribution in [0.15, 0.2) is 4.79 Å². The predicted octanol–water partition coefficient (Wildman–Crippen LogP) is 1.50. The summed E-state index contributed by atoms with van der Waals surface area (Å²) < 4.78 is 4.53. The fraction of sp³-hybridized carbons (Fsp3) is 0.500. The maximum Gasteiger partial charge on any atom is 0.372 e. The molecular formula is C16H20ClN3O5S. The molecule has 8 nitrogen and oxygen atoms in total. The van der Waals surface area contributed by atoms with Gasteiger partial charge in [0.05, 0.1) is 12.5 Å². The van der Waals surface area contributed by atoms with E-state index in [9.17, 15) is 14.4 Å². The first-order valence-electron chi connectivity index (χ1n) is 8.10. The Morgan fingerprint density at radius 1 is 1.31 bits per heavy atom. The van der Waals surface area contributed by atoms with Gasteiger partial charge in [0.25, 0.3) is 5.56 Å². The molecule has 2 aromatic rings. The molecule has 2 aliphatic rings. The number of hydrogen-bond donors (Lipinski definition) is 3. The molecule has 1 saturated heterocycles. The number of aryl methyl sites for hydroxylation is 2. The highest BCUT2D eigenvalue weighted by Gasteiger charge is 2.22. The van der Waals surface area contributed by atoms with Crippen molar-refractivity contribution in [2.24, 2.45) is 0 Å². The van der Waals surface area contributed by atoms with Gasteiger partial charge in [-0.3, -0.25) is 9.59 Å². The van der Waals surface area contributed by atoms with Crippen LogP contribution in [0.1, 0.15) is 40.3 Å². The van der Waals surface area contributed by atoms with Gasteiger partial charge in [-0.2, -0.15) is 0 Å². The van der Waals surface area contributed by atoms with E-state index in [0.29, 0.717) is 10.2 Å². The van der Waals surface area contributed by atoms with Gasteiger partial charge < -0.3 is 20.1 Å². The number of halogens is 1. The number of aromatic carboxylic acids is 1. The lowest BCUT2D eigenvalue weighted by Gasteiger charge is -2.04. The highest BCUT2D eigenvalue weighted by molar-refractivity contribution is 7.18. The molecular weight excluding hydrogens is 382 g/mol. The number of ether oxygens (including phenoxy) is 1. The molecule has 4 rings (SSSR count). The molecule has 0 radical (unpaired) electrons. The number of carboxylic acids is 1. The molecule has 1 aliphatic heterocycles. The third-order valence-electron chi connectivity index (χ3n) is 4.32. The maximum absolute atomic E-state index is 11.8. The number of thiophene rings is 1. The van der Waals surface area contributed by atoms with E-state index in [4.69, 9.17) is 5.11 Å². The van der Waals surface area contributed by atoms with E-state index in [1.165, 1.54) is 23.3 Å². The van der Waals surface area contributed by atoms with Crippen LogP contribution in [0.5, 0.6) is 0 Å². The number of nitrogens with one attached hydrogen (secondary N) is 2. The van der Waals surface area contributed by atoms with E-state index in [1.54, 1.807) is 0 Å². The molecule has 0 unspecified atom stereocenters. The second kappa shape index (κ2) is 8.61. The maximum atomic E-state index is 11.8. The van der Waals surface area contributed by atoms with Crippen molar-refractivity contribution in [1.29, 1.82) is 0 Å². The standard InChI is InChI=1S/C10H8N2O3S.C6H11NO2.ClH/c13-8-6-4-2-1-3-5(4)16-9(6)12-7(11-8)10(14)15;1-9-6(8)5-3-2-4-7-5;/h1-3H2,(H,14,15)(H,11,12,13);5,7H,2-4H2,1H3;1H/t;5-;/m.0./s1. The summed E-state index contributed by atoms with van der Waals surface area (Å²) >= 11 is 1.44. The third kappa shape index (κ3) is 4.05. The van der Waals surface area contributed by atoms with Crippen molar-refractivity contribution < 1.29 is 19.4 Å². The Hall–Kier alpha value is -1.97. The van der Waals surface area contributed by atoms with Crippen molar-refractivity contribution in [3.63, 3.8) is 0 Å². The molecule has 3 N–H and O–H groups in total. The first-order chi connectivity index (χ1) is 12.0. The number of nitrogens with zero attached hydrogens (tertiary/aromatic N) is 1. The van der Waals surface area contributed by atoms with Gasteiger partial charge >= 0.3 is 11.9 Å². The fourth-order valence-corrected chi connectivity index (χ4v) is 4.39. The average Bonchev–Trinajstić information content (AvgIpc) is 3.30. The molecule has 26 heavy (non-hydrogen) atoms. The van der Waals surface area contributed by atoms with Crippen LogP contribution < -0.4 is 10.9 Å². The quantitative estimate of drug-likeness (QED) is 0.652. The van der Waals surface area contributed by atoms with Crippen LogP contribution >= 0.6 is 23.7 Å². The summed E-state index contributed by atoms with van der Waals surface area (Å²) in [5, 5.41) is 12.4. The van der Waals surface area contributed by atoms with E-state index >= 15 is 0 Å². The van der Waals surface area contributed by atoms with Gasteiger partial charge in [0, 0.05) is 4.88 Å². The zero-order valence-electron chi connectivity index (χ0n) is 14.2. The Bertz CT molecular complexity index is 873. The van der Waals surface area contributed by atoms with E-state index < -0.39 is 5.97 Å². The Kier molecular flexibility index (Phi) is 6.74. The van der Waals surface area contributed by atoms with Crippen molar-refractivity contribution in [2.75, 3.05) is 13.7 Å². The minimum absolute atomic E-state index is 0. The van der Waals surface area contributed by atoms with Crippen LogP contribution in [-0.4, -0.2) is 46.7 Å². The average molecular weight is 402 g/mol. The van der Waals surface area contributed by atoms with Gasteiger partial charge in [0.15, 0.2) is 0 Å². The number of carboxylic acid groups (broad SMARTS) is 1. The minimum Gasteiger partial charge on any atom is -0.475 e. The zero-order chi connectivity index (χ0) is 18.0. The van der Waals surface area contributed by atoms with Gasteiger partial charge in [0.1, 0.15) is 10.9 Å². The van der Waals surface area contributed by atoms with Gasteiger partial charge in [-0.15, -0.1) is 23.7 Å². The van der Waals surface area contributed by atoms with Gasteiger partial charge in [-0.1, -0.05) is 0 Å². The van der Waals surface area contributed by atoms with Gasteiger partial charge in [-0.05, 0) is 44.2 Å². The fourth-order valence-electron chi connectivity index (χ4n) is 3.13. The molecule has 0 bridgehead atoms. The van der Waals surface area contributed by atoms with E-state index in [1.807, 2.05) is 0 Å². The first kappa shape index (κ1) is 20.3. The molecule has 0 spiro atoms. The third-order valence-corrected chi connectivity index (χ3v) is 5.51. The number of H-pyrrole nitrogens is 1. The smallest absolute Gasteiger partial charge is 0.372 e. The SMILES string of the molecule is COC(=O)[C@@H]1CCCN1.Cl.O=C(O)c1nc2sc3c(c2c(=O)[nH]1)CCC3. The first-order valence-corrected chi connectivity index (χ1v) is 8.92. The molecule has 10 heteroatoms. The monoisotopic (exact) mass is 401 g/mol. The Balaban J connectivity index is 0.000000210. The lowest BCUT2D eigenvalue weighted by atomic mass is 10.2. The van der Waals surface area contributed by atoms with E-state index in [-0.39, 0.29) is 35.8 Å². The van der Waals surface area contributed by atoms with Gasteiger partial charge in [0.2, 0.25) is 5.82 Å². The number of carbonyl (C=O) groups is 2. The molecule has 1 aliphatic carbocycles. The van der Waals surface area contributed by atoms with Crippen molar-refractivity contribution in [3.8, 4) is 0 Å². The number of hydrogen-bond acceptors (Lipinski definition) is 7. The molecule has 0 amide bonds. The second-order valence-electron chi connectivity index (χ2n) is 5.93. The lowest BCUT2D eigenvalue weighted by Crippen LogP contribution is -2.31. The number of esters is 1. The van der Waals surface area contributed by atoms with Crippen molar-refractivity contribution in [2.45, 2.75) is 38.1 Å². The number of methoxy groups -OCH3 is 1. The van der Waals surface area contributed by atoms with Crippen LogP contribution in [-0.2, 0) is 22.4 Å². The van der Waals surface area contributed by atoms with E-state index in [2.05, 4.69) is 20.0 Å². The summed E-state index contributed by atoms with van der Waals surface area (Å²) in [6.45, 7) is 0.944. The summed E-state index contributed by atoms with van der Waals surface area (Å²) in [4.78, 5) is 41.2. The Morgan fingerprint density at radius 3 is 2.69 bits per heavy atom. The number of fused-ring (bicyclic) bond motifs is 3.